The maximum Gasteiger partial charge on any atom is 0.237 e. The van der Waals surface area contributed by atoms with E-state index in [0.717, 1.165) is 14.7 Å². The summed E-state index contributed by atoms with van der Waals surface area (Å²) >= 11 is 7.30. The second-order valence-corrected chi connectivity index (χ2v) is 5.07. The molecule has 5 heteroatoms. The van der Waals surface area contributed by atoms with Gasteiger partial charge in [0.1, 0.15) is 5.52 Å². The predicted molar refractivity (Wildman–Crippen MR) is 66.7 cm³/mol. The van der Waals surface area contributed by atoms with E-state index in [1.54, 1.807) is 12.1 Å². The van der Waals surface area contributed by atoms with Crippen LogP contribution in [0.4, 0.5) is 5.69 Å². The molecule has 0 aliphatic heterocycles. The summed E-state index contributed by atoms with van der Waals surface area (Å²) in [7, 11) is 0. The second kappa shape index (κ2) is 3.50. The van der Waals surface area contributed by atoms with Crippen molar-refractivity contribution in [3.8, 4) is 10.8 Å². The largest absolute Gasteiger partial charge is 0.435 e. The molecule has 0 unspecified atom stereocenters. The number of aromatic nitrogens is 1. The zero-order valence-corrected chi connectivity index (χ0v) is 9.68. The molecule has 3 aromatic rings. The molecule has 2 aromatic heterocycles. The first-order chi connectivity index (χ1) is 7.72. The van der Waals surface area contributed by atoms with Gasteiger partial charge in [0, 0.05) is 11.8 Å². The average molecular weight is 251 g/mol. The number of thiophene rings is 1. The Kier molecular flexibility index (Phi) is 2.12. The normalized spacial score (nSPS) is 11.1. The van der Waals surface area contributed by atoms with Gasteiger partial charge in [0.15, 0.2) is 5.58 Å². The van der Waals surface area contributed by atoms with Crippen molar-refractivity contribution in [1.82, 2.24) is 4.98 Å². The molecule has 0 bridgehead atoms. The quantitative estimate of drug-likeness (QED) is 0.669. The van der Waals surface area contributed by atoms with Crippen molar-refractivity contribution in [3.05, 3.63) is 34.7 Å². The third-order valence-electron chi connectivity index (χ3n) is 2.20. The zero-order chi connectivity index (χ0) is 11.1. The van der Waals surface area contributed by atoms with Crippen molar-refractivity contribution in [1.29, 1.82) is 0 Å². The first-order valence-corrected chi connectivity index (χ1v) is 5.83. The van der Waals surface area contributed by atoms with Crippen LogP contribution in [0, 0.1) is 0 Å². The van der Waals surface area contributed by atoms with Gasteiger partial charge in [-0.1, -0.05) is 11.6 Å². The number of fused-ring (bicyclic) bond motifs is 1. The summed E-state index contributed by atoms with van der Waals surface area (Å²) in [4.78, 5) is 5.28. The Morgan fingerprint density at radius 3 is 2.88 bits per heavy atom. The van der Waals surface area contributed by atoms with E-state index in [1.165, 1.54) is 11.3 Å². The summed E-state index contributed by atoms with van der Waals surface area (Å²) in [5.41, 5.74) is 7.83. The topological polar surface area (TPSA) is 52.0 Å². The van der Waals surface area contributed by atoms with Crippen molar-refractivity contribution >= 4 is 39.7 Å². The Hall–Kier alpha value is -1.52. The lowest BCUT2D eigenvalue weighted by molar-refractivity contribution is 0.622. The lowest BCUT2D eigenvalue weighted by atomic mass is 10.3. The highest BCUT2D eigenvalue weighted by Crippen LogP contribution is 2.32. The number of anilines is 1. The Labute approximate surface area is 100 Å². The third-order valence-corrected chi connectivity index (χ3v) is 3.42. The maximum atomic E-state index is 5.86. The number of hydrogen-bond acceptors (Lipinski definition) is 4. The Morgan fingerprint density at radius 2 is 2.12 bits per heavy atom. The lowest BCUT2D eigenvalue weighted by Gasteiger charge is -1.88. The van der Waals surface area contributed by atoms with Crippen LogP contribution in [0.25, 0.3) is 21.9 Å². The van der Waals surface area contributed by atoms with Crippen LogP contribution in [0.1, 0.15) is 0 Å². The number of halogens is 1. The fourth-order valence-electron chi connectivity index (χ4n) is 1.48. The van der Waals surface area contributed by atoms with Crippen molar-refractivity contribution in [2.24, 2.45) is 0 Å². The van der Waals surface area contributed by atoms with E-state index in [4.69, 9.17) is 21.8 Å². The van der Waals surface area contributed by atoms with Gasteiger partial charge in [-0.15, -0.1) is 11.3 Å². The minimum Gasteiger partial charge on any atom is -0.435 e. The summed E-state index contributed by atoms with van der Waals surface area (Å²) in [5, 5.41) is 0. The van der Waals surface area contributed by atoms with Gasteiger partial charge in [-0.25, -0.2) is 4.98 Å². The molecule has 2 heterocycles. The van der Waals surface area contributed by atoms with Gasteiger partial charge in [-0.2, -0.15) is 0 Å². The lowest BCUT2D eigenvalue weighted by Crippen LogP contribution is -1.81. The molecular formula is C11H7ClN2OS. The van der Waals surface area contributed by atoms with Crippen LogP contribution in [0.2, 0.25) is 4.34 Å². The molecule has 16 heavy (non-hydrogen) atoms. The molecule has 0 saturated carbocycles. The van der Waals surface area contributed by atoms with Gasteiger partial charge in [0.05, 0.1) is 9.21 Å². The van der Waals surface area contributed by atoms with Crippen molar-refractivity contribution in [3.63, 3.8) is 0 Å². The molecule has 0 aliphatic carbocycles. The average Bonchev–Trinajstić information content (AvgIpc) is 2.83. The van der Waals surface area contributed by atoms with Crippen molar-refractivity contribution in [2.75, 3.05) is 5.73 Å². The van der Waals surface area contributed by atoms with Gasteiger partial charge in [0.2, 0.25) is 5.89 Å². The number of oxazole rings is 1. The van der Waals surface area contributed by atoms with E-state index in [-0.39, 0.29) is 0 Å². The van der Waals surface area contributed by atoms with E-state index < -0.39 is 0 Å². The molecule has 0 fully saturated rings. The Morgan fingerprint density at radius 1 is 1.25 bits per heavy atom. The summed E-state index contributed by atoms with van der Waals surface area (Å²) < 4.78 is 6.33. The van der Waals surface area contributed by atoms with Crippen molar-refractivity contribution in [2.45, 2.75) is 0 Å². The minimum atomic E-state index is 0.581. The fourth-order valence-corrected chi connectivity index (χ4v) is 2.45. The molecule has 0 amide bonds. The molecule has 0 saturated heterocycles. The van der Waals surface area contributed by atoms with Crippen LogP contribution in [0.3, 0.4) is 0 Å². The minimum absolute atomic E-state index is 0.581. The molecule has 2 N–H and O–H groups in total. The highest BCUT2D eigenvalue weighted by atomic mass is 35.5. The van der Waals surface area contributed by atoms with Gasteiger partial charge >= 0.3 is 0 Å². The molecule has 0 atom stereocenters. The molecule has 3 nitrogen and oxygen atoms in total. The highest BCUT2D eigenvalue weighted by Gasteiger charge is 2.10. The van der Waals surface area contributed by atoms with Crippen molar-refractivity contribution < 1.29 is 4.42 Å². The van der Waals surface area contributed by atoms with Gasteiger partial charge in [0.25, 0.3) is 0 Å². The van der Waals surface area contributed by atoms with Gasteiger partial charge < -0.3 is 10.2 Å². The number of nitrogens with zero attached hydrogens (tertiary/aromatic N) is 1. The number of rotatable bonds is 1. The van der Waals surface area contributed by atoms with Gasteiger partial charge in [-0.3, -0.25) is 0 Å². The summed E-state index contributed by atoms with van der Waals surface area (Å²) in [6.45, 7) is 0. The summed E-state index contributed by atoms with van der Waals surface area (Å²) in [6, 6.07) is 9.12. The molecular weight excluding hydrogens is 244 g/mol. The molecule has 3 rings (SSSR count). The maximum absolute atomic E-state index is 5.86. The van der Waals surface area contributed by atoms with E-state index in [1.807, 2.05) is 18.2 Å². The second-order valence-electron chi connectivity index (χ2n) is 3.35. The van der Waals surface area contributed by atoms with Crippen LogP contribution in [-0.2, 0) is 0 Å². The molecule has 0 spiro atoms. The first-order valence-electron chi connectivity index (χ1n) is 4.64. The van der Waals surface area contributed by atoms with E-state index in [9.17, 15) is 0 Å². The number of hydrogen-bond donors (Lipinski definition) is 1. The van der Waals surface area contributed by atoms with Crippen LogP contribution >= 0.6 is 22.9 Å². The van der Waals surface area contributed by atoms with E-state index in [0.29, 0.717) is 17.2 Å². The Balaban J connectivity index is 2.18. The predicted octanol–water partition coefficient (Wildman–Crippen LogP) is 3.79. The fraction of sp³-hybridized carbons (Fsp3) is 0. The van der Waals surface area contributed by atoms with Crippen LogP contribution < -0.4 is 5.73 Å². The van der Waals surface area contributed by atoms with Crippen LogP contribution in [0.15, 0.2) is 34.7 Å². The zero-order valence-electron chi connectivity index (χ0n) is 8.11. The number of nitrogens with two attached hydrogens (primary N) is 1. The monoisotopic (exact) mass is 250 g/mol. The summed E-state index contributed by atoms with van der Waals surface area (Å²) in [6.07, 6.45) is 0. The standard InChI is InChI=1S/C11H7ClN2OS/c12-10-4-3-9(16-10)11-14-7-2-1-6(13)5-8(7)15-11/h1-5H,13H2. The molecule has 0 radical (unpaired) electrons. The third kappa shape index (κ3) is 1.56. The summed E-state index contributed by atoms with van der Waals surface area (Å²) in [5.74, 6) is 0.581. The Bertz CT molecular complexity index is 659. The smallest absolute Gasteiger partial charge is 0.237 e. The number of benzene rings is 1. The molecule has 0 aliphatic rings. The van der Waals surface area contributed by atoms with Gasteiger partial charge in [-0.05, 0) is 24.3 Å². The van der Waals surface area contributed by atoms with E-state index >= 15 is 0 Å². The van der Waals surface area contributed by atoms with E-state index in [2.05, 4.69) is 4.98 Å². The highest BCUT2D eigenvalue weighted by molar-refractivity contribution is 7.19. The van der Waals surface area contributed by atoms with Crippen LogP contribution in [0.5, 0.6) is 0 Å². The van der Waals surface area contributed by atoms with Crippen LogP contribution in [-0.4, -0.2) is 4.98 Å². The molecule has 1 aromatic carbocycles. The first kappa shape index (κ1) is 9.69. The molecule has 80 valence electrons. The number of nitrogen functional groups attached to an aromatic ring is 1. The SMILES string of the molecule is Nc1ccc2nc(-c3ccc(Cl)s3)oc2c1.